The van der Waals surface area contributed by atoms with E-state index < -0.39 is 18.3 Å². The van der Waals surface area contributed by atoms with E-state index >= 15 is 0 Å². The molecule has 4 fully saturated rings. The van der Waals surface area contributed by atoms with Crippen molar-refractivity contribution in [2.24, 2.45) is 23.2 Å². The van der Waals surface area contributed by atoms with Crippen LogP contribution in [0.25, 0.3) is 0 Å². The topological polar surface area (TPSA) is 73.6 Å². The van der Waals surface area contributed by atoms with E-state index in [-0.39, 0.29) is 10.8 Å². The Kier molecular flexibility index (Phi) is 7.72. The third kappa shape index (κ3) is 5.09. The molecule has 0 radical (unpaired) electrons. The highest BCUT2D eigenvalue weighted by atomic mass is 32.1. The number of aliphatic hydroxyl groups excluding tert-OH is 3. The van der Waals surface area contributed by atoms with Crippen molar-refractivity contribution in [1.82, 2.24) is 4.98 Å². The quantitative estimate of drug-likeness (QED) is 0.360. The van der Waals surface area contributed by atoms with Gasteiger partial charge in [-0.05, 0) is 92.1 Å². The summed E-state index contributed by atoms with van der Waals surface area (Å²) in [6, 6.07) is 0. The molecule has 0 saturated heterocycles. The van der Waals surface area contributed by atoms with Crippen LogP contribution in [0, 0.1) is 23.2 Å². The van der Waals surface area contributed by atoms with E-state index in [0.717, 1.165) is 41.8 Å². The predicted molar refractivity (Wildman–Crippen MR) is 151 cm³/mol. The lowest BCUT2D eigenvalue weighted by Gasteiger charge is -2.44. The van der Waals surface area contributed by atoms with Crippen LogP contribution in [0.4, 0.5) is 0 Å². The first-order valence-electron chi connectivity index (χ1n) is 14.4. The van der Waals surface area contributed by atoms with E-state index in [4.69, 9.17) is 0 Å². The largest absolute Gasteiger partial charge is 0.393 e. The molecule has 4 saturated carbocycles. The minimum Gasteiger partial charge on any atom is -0.393 e. The number of rotatable bonds is 7. The van der Waals surface area contributed by atoms with E-state index in [0.29, 0.717) is 30.6 Å². The zero-order valence-corrected chi connectivity index (χ0v) is 23.6. The molecule has 0 amide bonds. The average Bonchev–Trinajstić information content (AvgIpc) is 3.39. The standard InChI is InChI=1S/C32H45NO3S/c1-5-25-19-33-30(37-25)32(15-16-32)29(36)13-8-20(2)26-11-12-27-22(7-6-14-31(26,27)4)9-10-23-17-24(34)18-28(35)21(23)3/h8-10,13,19-20,24,26-29,34-36H,3,5-7,11-12,14-18H2,1-2,4H3/t20-,24+,26+,27-,28-,29-,31+/m0/s1. The van der Waals surface area contributed by atoms with Gasteiger partial charge in [0, 0.05) is 17.5 Å². The van der Waals surface area contributed by atoms with Crippen LogP contribution in [0.1, 0.15) is 88.4 Å². The third-order valence-corrected chi connectivity index (χ3v) is 11.6. The van der Waals surface area contributed by atoms with E-state index in [9.17, 15) is 15.3 Å². The lowest BCUT2D eigenvalue weighted by molar-refractivity contribution is 0.0862. The second kappa shape index (κ2) is 10.6. The van der Waals surface area contributed by atoms with Crippen LogP contribution in [-0.4, -0.2) is 38.6 Å². The molecule has 0 spiro atoms. The third-order valence-electron chi connectivity index (χ3n) is 10.2. The molecule has 4 aliphatic carbocycles. The van der Waals surface area contributed by atoms with Crippen molar-refractivity contribution in [3.8, 4) is 0 Å². The lowest BCUT2D eigenvalue weighted by Crippen LogP contribution is -2.35. The highest BCUT2D eigenvalue weighted by molar-refractivity contribution is 7.11. The maximum Gasteiger partial charge on any atom is 0.102 e. The van der Waals surface area contributed by atoms with E-state index in [1.54, 1.807) is 11.3 Å². The number of hydrogen-bond acceptors (Lipinski definition) is 5. The molecule has 5 rings (SSSR count). The molecule has 4 nitrogen and oxygen atoms in total. The zero-order chi connectivity index (χ0) is 26.4. The summed E-state index contributed by atoms with van der Waals surface area (Å²) in [6.07, 6.45) is 19.2. The van der Waals surface area contributed by atoms with Crippen LogP contribution < -0.4 is 0 Å². The molecular formula is C32H45NO3S. The molecule has 1 heterocycles. The maximum absolute atomic E-state index is 11.2. The van der Waals surface area contributed by atoms with Crippen molar-refractivity contribution < 1.29 is 15.3 Å². The number of thiazole rings is 1. The SMILES string of the molecule is C=C1C(=CC=C2CCC[C@]3(C)[C@@H]([C@@H](C)C=C[C@H](O)C4(c5ncc(CC)s5)CC4)CC[C@@H]23)C[C@@H](O)C[C@@H]1O. The summed E-state index contributed by atoms with van der Waals surface area (Å²) in [5.41, 5.74) is 3.39. The predicted octanol–water partition coefficient (Wildman–Crippen LogP) is 6.43. The summed E-state index contributed by atoms with van der Waals surface area (Å²) in [4.78, 5) is 5.96. The summed E-state index contributed by atoms with van der Waals surface area (Å²) in [7, 11) is 0. The van der Waals surface area contributed by atoms with Crippen LogP contribution in [0.15, 0.2) is 53.8 Å². The van der Waals surface area contributed by atoms with Crippen molar-refractivity contribution in [3.63, 3.8) is 0 Å². The van der Waals surface area contributed by atoms with Crippen molar-refractivity contribution in [3.05, 3.63) is 63.7 Å². The van der Waals surface area contributed by atoms with Gasteiger partial charge in [-0.1, -0.05) is 57.2 Å². The molecule has 4 aliphatic rings. The van der Waals surface area contributed by atoms with Crippen molar-refractivity contribution in [1.29, 1.82) is 0 Å². The molecule has 3 N–H and O–H groups in total. The molecule has 1 aromatic heterocycles. The van der Waals surface area contributed by atoms with Crippen molar-refractivity contribution in [2.45, 2.75) is 109 Å². The Morgan fingerprint density at radius 1 is 1.19 bits per heavy atom. The molecular weight excluding hydrogens is 478 g/mol. The first-order valence-corrected chi connectivity index (χ1v) is 15.3. The van der Waals surface area contributed by atoms with Gasteiger partial charge in [-0.2, -0.15) is 0 Å². The Morgan fingerprint density at radius 3 is 2.68 bits per heavy atom. The lowest BCUT2D eigenvalue weighted by atomic mass is 9.61. The Hall–Kier alpha value is -1.53. The molecule has 5 heteroatoms. The summed E-state index contributed by atoms with van der Waals surface area (Å²) in [5.74, 6) is 1.60. The number of allylic oxidation sites excluding steroid dienone is 4. The Balaban J connectivity index is 1.28. The smallest absolute Gasteiger partial charge is 0.102 e. The van der Waals surface area contributed by atoms with Gasteiger partial charge in [-0.3, -0.25) is 0 Å². The van der Waals surface area contributed by atoms with Gasteiger partial charge < -0.3 is 15.3 Å². The zero-order valence-electron chi connectivity index (χ0n) is 22.8. The van der Waals surface area contributed by atoms with Crippen LogP contribution in [0.2, 0.25) is 0 Å². The van der Waals surface area contributed by atoms with Gasteiger partial charge in [0.25, 0.3) is 0 Å². The van der Waals surface area contributed by atoms with Gasteiger partial charge in [-0.25, -0.2) is 4.98 Å². The van der Waals surface area contributed by atoms with E-state index in [2.05, 4.69) is 56.6 Å². The summed E-state index contributed by atoms with van der Waals surface area (Å²) < 4.78 is 0. The molecule has 0 bridgehead atoms. The van der Waals surface area contributed by atoms with Crippen LogP contribution in [-0.2, 0) is 11.8 Å². The van der Waals surface area contributed by atoms with Crippen LogP contribution in [0.3, 0.4) is 0 Å². The number of aliphatic hydroxyl groups is 3. The van der Waals surface area contributed by atoms with Gasteiger partial charge in [0.2, 0.25) is 0 Å². The molecule has 1 aromatic rings. The molecule has 0 aliphatic heterocycles. The number of hydrogen-bond donors (Lipinski definition) is 3. The fourth-order valence-corrected chi connectivity index (χ4v) is 8.81. The minimum absolute atomic E-state index is 0.158. The summed E-state index contributed by atoms with van der Waals surface area (Å²) in [6.45, 7) is 11.1. The fraction of sp³-hybridized carbons (Fsp3) is 0.656. The van der Waals surface area contributed by atoms with Crippen LogP contribution in [0.5, 0.6) is 0 Å². The molecule has 7 atom stereocenters. The Morgan fingerprint density at radius 2 is 1.97 bits per heavy atom. The number of nitrogens with zero attached hydrogens (tertiary/aromatic N) is 1. The highest BCUT2D eigenvalue weighted by Crippen LogP contribution is 2.60. The second-order valence-electron chi connectivity index (χ2n) is 12.5. The first kappa shape index (κ1) is 27.1. The monoisotopic (exact) mass is 523 g/mol. The van der Waals surface area contributed by atoms with Gasteiger partial charge in [0.1, 0.15) is 5.01 Å². The average molecular weight is 524 g/mol. The van der Waals surface area contributed by atoms with Gasteiger partial charge >= 0.3 is 0 Å². The Bertz CT molecular complexity index is 1100. The van der Waals surface area contributed by atoms with Gasteiger partial charge in [-0.15, -0.1) is 11.3 Å². The van der Waals surface area contributed by atoms with Gasteiger partial charge in [0.05, 0.1) is 23.7 Å². The number of fused-ring (bicyclic) bond motifs is 1. The van der Waals surface area contributed by atoms with Crippen LogP contribution >= 0.6 is 11.3 Å². The van der Waals surface area contributed by atoms with E-state index in [1.165, 1.54) is 36.1 Å². The second-order valence-corrected chi connectivity index (χ2v) is 13.6. The maximum atomic E-state index is 11.2. The van der Waals surface area contributed by atoms with Crippen molar-refractivity contribution in [2.75, 3.05) is 0 Å². The number of aryl methyl sites for hydroxylation is 1. The molecule has 37 heavy (non-hydrogen) atoms. The summed E-state index contributed by atoms with van der Waals surface area (Å²) in [5, 5.41) is 32.6. The first-order chi connectivity index (χ1) is 17.7. The molecule has 0 unspecified atom stereocenters. The Labute approximate surface area is 226 Å². The molecule has 202 valence electrons. The van der Waals surface area contributed by atoms with E-state index in [1.807, 2.05) is 6.20 Å². The fourth-order valence-electron chi connectivity index (χ4n) is 7.68. The van der Waals surface area contributed by atoms with Crippen molar-refractivity contribution >= 4 is 11.3 Å². The summed E-state index contributed by atoms with van der Waals surface area (Å²) >= 11 is 1.77. The minimum atomic E-state index is -0.636. The highest BCUT2D eigenvalue weighted by Gasteiger charge is 2.53. The molecule has 0 aromatic carbocycles. The van der Waals surface area contributed by atoms with Gasteiger partial charge in [0.15, 0.2) is 0 Å². The number of aromatic nitrogens is 1. The normalized spacial score (nSPS) is 37.3.